The molecule has 6 nitrogen and oxygen atoms in total. The number of nitrogens with one attached hydrogen (secondary N) is 1. The summed E-state index contributed by atoms with van der Waals surface area (Å²) in [7, 11) is 1.58. The van der Waals surface area contributed by atoms with Crippen LogP contribution in [0.2, 0.25) is 0 Å². The molecule has 0 fully saturated rings. The maximum Gasteiger partial charge on any atom is 0.230 e. The molecule has 0 saturated carbocycles. The topological polar surface area (TPSA) is 77.0 Å². The fraction of sp³-hybridized carbons (Fsp3) is 0.294. The molecule has 26 heavy (non-hydrogen) atoms. The van der Waals surface area contributed by atoms with Crippen molar-refractivity contribution in [2.24, 2.45) is 0 Å². The van der Waals surface area contributed by atoms with E-state index in [9.17, 15) is 9.18 Å². The number of thiazole rings is 1. The lowest BCUT2D eigenvalue weighted by Crippen LogP contribution is -2.28. The van der Waals surface area contributed by atoms with Gasteiger partial charge in [-0.1, -0.05) is 11.8 Å². The molecule has 0 radical (unpaired) electrons. The zero-order chi connectivity index (χ0) is 18.5. The molecular formula is C17H17FN4O2S2. The third-order valence-corrected chi connectivity index (χ3v) is 5.41. The fourth-order valence-electron chi connectivity index (χ4n) is 2.29. The van der Waals surface area contributed by atoms with Crippen LogP contribution in [0.4, 0.5) is 4.39 Å². The van der Waals surface area contributed by atoms with E-state index in [4.69, 9.17) is 4.74 Å². The Balaban J connectivity index is 1.83. The summed E-state index contributed by atoms with van der Waals surface area (Å²) in [6.07, 6.45) is 0. The van der Waals surface area contributed by atoms with Crippen LogP contribution in [-0.2, 0) is 9.53 Å². The number of aromatic nitrogens is 3. The van der Waals surface area contributed by atoms with Gasteiger partial charge >= 0.3 is 0 Å². The Kier molecular flexibility index (Phi) is 6.12. The quantitative estimate of drug-likeness (QED) is 0.492. The van der Waals surface area contributed by atoms with Crippen molar-refractivity contribution in [1.82, 2.24) is 20.5 Å². The van der Waals surface area contributed by atoms with E-state index < -0.39 is 0 Å². The van der Waals surface area contributed by atoms with Crippen molar-refractivity contribution in [2.75, 3.05) is 26.0 Å². The molecular weight excluding hydrogens is 375 g/mol. The van der Waals surface area contributed by atoms with E-state index in [0.717, 1.165) is 20.8 Å². The second-order valence-corrected chi connectivity index (χ2v) is 7.57. The van der Waals surface area contributed by atoms with Crippen LogP contribution >= 0.6 is 23.1 Å². The van der Waals surface area contributed by atoms with Gasteiger partial charge in [0.15, 0.2) is 0 Å². The van der Waals surface area contributed by atoms with E-state index in [2.05, 4.69) is 20.5 Å². The van der Waals surface area contributed by atoms with E-state index in [1.807, 2.05) is 6.92 Å². The van der Waals surface area contributed by atoms with Crippen LogP contribution in [0.3, 0.4) is 0 Å². The van der Waals surface area contributed by atoms with Gasteiger partial charge in [0, 0.05) is 19.2 Å². The monoisotopic (exact) mass is 392 g/mol. The molecule has 0 aliphatic heterocycles. The molecule has 0 saturated heterocycles. The van der Waals surface area contributed by atoms with Gasteiger partial charge in [-0.3, -0.25) is 4.79 Å². The van der Waals surface area contributed by atoms with Crippen LogP contribution in [0.5, 0.6) is 0 Å². The number of nitrogens with zero attached hydrogens (tertiary/aromatic N) is 3. The van der Waals surface area contributed by atoms with Crippen molar-refractivity contribution in [3.8, 4) is 11.3 Å². The number of hydrogen-bond acceptors (Lipinski definition) is 7. The first kappa shape index (κ1) is 18.7. The summed E-state index contributed by atoms with van der Waals surface area (Å²) in [5.74, 6) is -0.179. The van der Waals surface area contributed by atoms with Crippen molar-refractivity contribution >= 4 is 39.2 Å². The molecule has 136 valence electrons. The first-order chi connectivity index (χ1) is 12.6. The van der Waals surface area contributed by atoms with Crippen molar-refractivity contribution in [2.45, 2.75) is 11.9 Å². The lowest BCUT2D eigenvalue weighted by atomic mass is 10.1. The lowest BCUT2D eigenvalue weighted by Gasteiger charge is -2.06. The predicted molar refractivity (Wildman–Crippen MR) is 101 cm³/mol. The average Bonchev–Trinajstić information content (AvgIpc) is 3.02. The normalized spacial score (nSPS) is 11.0. The van der Waals surface area contributed by atoms with Crippen LogP contribution in [0, 0.1) is 12.7 Å². The summed E-state index contributed by atoms with van der Waals surface area (Å²) < 4.78 is 19.0. The van der Waals surface area contributed by atoms with Crippen molar-refractivity contribution in [3.05, 3.63) is 35.1 Å². The Bertz CT molecular complexity index is 915. The van der Waals surface area contributed by atoms with Gasteiger partial charge in [0.25, 0.3) is 0 Å². The molecule has 1 aromatic carbocycles. The number of amides is 1. The van der Waals surface area contributed by atoms with E-state index in [1.165, 1.54) is 35.2 Å². The van der Waals surface area contributed by atoms with Crippen LogP contribution in [-0.4, -0.2) is 47.1 Å². The first-order valence-corrected chi connectivity index (χ1v) is 9.67. The van der Waals surface area contributed by atoms with E-state index in [1.54, 1.807) is 19.2 Å². The molecule has 3 rings (SSSR count). The zero-order valence-electron chi connectivity index (χ0n) is 14.3. The fourth-order valence-corrected chi connectivity index (χ4v) is 4.04. The molecule has 0 atom stereocenters. The van der Waals surface area contributed by atoms with E-state index in [-0.39, 0.29) is 17.5 Å². The third-order valence-electron chi connectivity index (χ3n) is 3.48. The zero-order valence-corrected chi connectivity index (χ0v) is 15.9. The SMILES string of the molecule is COCCNC(=O)CSc1nnc(-c2ccc(F)cc2)c2sc(C)nc12. The standard InChI is InChI=1S/C17H17FN4O2S2/c1-10-20-15-16(26-10)14(11-3-5-12(18)6-4-11)21-22-17(15)25-9-13(23)19-7-8-24-2/h3-6H,7-9H2,1-2H3,(H,19,23). The van der Waals surface area contributed by atoms with Crippen molar-refractivity contribution in [3.63, 3.8) is 0 Å². The first-order valence-electron chi connectivity index (χ1n) is 7.86. The Morgan fingerprint density at radius 2 is 2.08 bits per heavy atom. The molecule has 0 aliphatic rings. The largest absolute Gasteiger partial charge is 0.383 e. The molecule has 1 N–H and O–H groups in total. The Morgan fingerprint density at radius 1 is 1.31 bits per heavy atom. The molecule has 1 amide bonds. The van der Waals surface area contributed by atoms with Crippen molar-refractivity contribution in [1.29, 1.82) is 0 Å². The molecule has 0 aliphatic carbocycles. The number of fused-ring (bicyclic) bond motifs is 1. The number of carbonyl (C=O) groups is 1. The molecule has 0 bridgehead atoms. The summed E-state index contributed by atoms with van der Waals surface area (Å²) in [5, 5.41) is 12.8. The van der Waals surface area contributed by atoms with Crippen LogP contribution in [0.15, 0.2) is 29.3 Å². The summed E-state index contributed by atoms with van der Waals surface area (Å²) in [5.41, 5.74) is 2.16. The molecule has 2 heterocycles. The van der Waals surface area contributed by atoms with Crippen LogP contribution < -0.4 is 5.32 Å². The summed E-state index contributed by atoms with van der Waals surface area (Å²) in [6.45, 7) is 2.85. The Labute approximate surface area is 158 Å². The van der Waals surface area contributed by atoms with Gasteiger partial charge in [-0.2, -0.15) is 0 Å². The van der Waals surface area contributed by atoms with Gasteiger partial charge in [0.1, 0.15) is 22.1 Å². The number of halogens is 1. The van der Waals surface area contributed by atoms with Gasteiger partial charge < -0.3 is 10.1 Å². The lowest BCUT2D eigenvalue weighted by molar-refractivity contribution is -0.118. The number of thioether (sulfide) groups is 1. The van der Waals surface area contributed by atoms with Crippen molar-refractivity contribution < 1.29 is 13.9 Å². The Morgan fingerprint density at radius 3 is 2.81 bits per heavy atom. The number of hydrogen-bond donors (Lipinski definition) is 1. The average molecular weight is 392 g/mol. The van der Waals surface area contributed by atoms with Gasteiger partial charge in [0.2, 0.25) is 5.91 Å². The minimum atomic E-state index is -0.301. The second kappa shape index (κ2) is 8.52. The van der Waals surface area contributed by atoms with E-state index in [0.29, 0.717) is 23.9 Å². The minimum absolute atomic E-state index is 0.100. The number of methoxy groups -OCH3 is 1. The van der Waals surface area contributed by atoms with Gasteiger partial charge in [-0.25, -0.2) is 9.37 Å². The highest BCUT2D eigenvalue weighted by Gasteiger charge is 2.16. The highest BCUT2D eigenvalue weighted by molar-refractivity contribution is 8.00. The highest BCUT2D eigenvalue weighted by atomic mass is 32.2. The molecule has 2 aromatic heterocycles. The molecule has 9 heteroatoms. The molecule has 0 spiro atoms. The summed E-state index contributed by atoms with van der Waals surface area (Å²) in [4.78, 5) is 16.4. The maximum atomic E-state index is 13.2. The van der Waals surface area contributed by atoms with Gasteiger partial charge in [-0.15, -0.1) is 21.5 Å². The van der Waals surface area contributed by atoms with Crippen LogP contribution in [0.25, 0.3) is 21.5 Å². The summed E-state index contributed by atoms with van der Waals surface area (Å²) in [6, 6.07) is 6.13. The number of carbonyl (C=O) groups excluding carboxylic acids is 1. The number of ether oxygens (including phenoxy) is 1. The Hall–Kier alpha value is -2.10. The number of benzene rings is 1. The predicted octanol–water partition coefficient (Wildman–Crippen LogP) is 3.06. The molecule has 0 unspecified atom stereocenters. The highest BCUT2D eigenvalue weighted by Crippen LogP contribution is 2.35. The van der Waals surface area contributed by atoms with E-state index >= 15 is 0 Å². The van der Waals surface area contributed by atoms with Gasteiger partial charge in [-0.05, 0) is 31.2 Å². The number of rotatable bonds is 7. The van der Waals surface area contributed by atoms with Crippen LogP contribution in [0.1, 0.15) is 5.01 Å². The summed E-state index contributed by atoms with van der Waals surface area (Å²) >= 11 is 2.80. The third kappa shape index (κ3) is 4.35. The molecule has 3 aromatic rings. The second-order valence-electron chi connectivity index (χ2n) is 5.40. The van der Waals surface area contributed by atoms with Gasteiger partial charge in [0.05, 0.1) is 22.1 Å². The minimum Gasteiger partial charge on any atom is -0.383 e. The number of aryl methyl sites for hydroxylation is 1. The smallest absolute Gasteiger partial charge is 0.230 e. The maximum absolute atomic E-state index is 13.2.